The molecule has 2 aromatic rings. The van der Waals surface area contributed by atoms with Crippen LogP contribution in [0, 0.1) is 17.3 Å². The van der Waals surface area contributed by atoms with Crippen LogP contribution in [0.2, 0.25) is 0 Å². The fourth-order valence-corrected chi connectivity index (χ4v) is 4.17. The second-order valence-electron chi connectivity index (χ2n) is 8.20. The highest BCUT2D eigenvalue weighted by molar-refractivity contribution is 5.77. The molecule has 1 unspecified atom stereocenters. The monoisotopic (exact) mass is 435 g/mol. The van der Waals surface area contributed by atoms with Gasteiger partial charge in [0.25, 0.3) is 0 Å². The van der Waals surface area contributed by atoms with Gasteiger partial charge in [-0.25, -0.2) is 0 Å². The molecule has 0 radical (unpaired) electrons. The number of aliphatic hydroxyl groups excluding tert-OH is 1. The zero-order valence-corrected chi connectivity index (χ0v) is 18.9. The molecule has 1 saturated heterocycles. The maximum atomic E-state index is 13.0. The second-order valence-corrected chi connectivity index (χ2v) is 8.20. The fourth-order valence-electron chi connectivity index (χ4n) is 4.17. The highest BCUT2D eigenvalue weighted by Gasteiger charge is 2.43. The molecule has 170 valence electrons. The summed E-state index contributed by atoms with van der Waals surface area (Å²) in [4.78, 5) is 15.3. The van der Waals surface area contributed by atoms with E-state index in [1.54, 1.807) is 0 Å². The van der Waals surface area contributed by atoms with Crippen molar-refractivity contribution in [1.82, 2.24) is 4.90 Å². The molecule has 0 aliphatic carbocycles. The van der Waals surface area contributed by atoms with Crippen LogP contribution in [0.5, 0.6) is 5.75 Å². The maximum absolute atomic E-state index is 13.0. The number of para-hydroxylation sites is 1. The molecular weight excluding hydrogens is 402 g/mol. The molecule has 1 N–H and O–H groups in total. The molecule has 0 bridgehead atoms. The zero-order valence-electron chi connectivity index (χ0n) is 18.9. The summed E-state index contributed by atoms with van der Waals surface area (Å²) in [6.45, 7) is 5.22. The van der Waals surface area contributed by atoms with Crippen LogP contribution in [0.3, 0.4) is 0 Å². The lowest BCUT2D eigenvalue weighted by Crippen LogP contribution is -2.49. The molecule has 1 heterocycles. The van der Waals surface area contributed by atoms with Crippen molar-refractivity contribution in [3.05, 3.63) is 65.7 Å². The first-order valence-electron chi connectivity index (χ1n) is 11.4. The van der Waals surface area contributed by atoms with E-state index in [0.717, 1.165) is 37.2 Å². The van der Waals surface area contributed by atoms with Gasteiger partial charge in [0.1, 0.15) is 5.75 Å². The van der Waals surface area contributed by atoms with Gasteiger partial charge in [-0.2, -0.15) is 0 Å². The number of carbonyl (C=O) groups is 1. The highest BCUT2D eigenvalue weighted by Crippen LogP contribution is 2.36. The van der Waals surface area contributed by atoms with Gasteiger partial charge in [0, 0.05) is 25.1 Å². The Hall–Kier alpha value is -2.81. The summed E-state index contributed by atoms with van der Waals surface area (Å²) in [5, 5.41) is 8.85. The molecule has 0 aromatic heterocycles. The minimum absolute atomic E-state index is 0.0820. The van der Waals surface area contributed by atoms with Crippen molar-refractivity contribution in [2.75, 3.05) is 32.9 Å². The Kier molecular flexibility index (Phi) is 9.15. The van der Waals surface area contributed by atoms with Crippen LogP contribution < -0.4 is 4.74 Å². The standard InChI is InChI=1S/C27H33NO4/c1-2-31-26(30)27(17-20-32-25-10-4-3-5-11-25)16-8-18-28(22-27)21-24-14-12-23(13-15-24)9-6-7-19-29/h3-5,10-15,29H,2,7-8,16-22H2,1H3. The summed E-state index contributed by atoms with van der Waals surface area (Å²) in [7, 11) is 0. The predicted molar refractivity (Wildman–Crippen MR) is 125 cm³/mol. The molecule has 5 nitrogen and oxygen atoms in total. The smallest absolute Gasteiger partial charge is 0.313 e. The minimum Gasteiger partial charge on any atom is -0.494 e. The van der Waals surface area contributed by atoms with Gasteiger partial charge in [-0.05, 0) is 62.6 Å². The summed E-state index contributed by atoms with van der Waals surface area (Å²) in [5.41, 5.74) is 1.59. The molecule has 1 atom stereocenters. The normalized spacial score (nSPS) is 18.4. The number of hydrogen-bond donors (Lipinski definition) is 1. The van der Waals surface area contributed by atoms with Gasteiger partial charge >= 0.3 is 5.97 Å². The number of carbonyl (C=O) groups excluding carboxylic acids is 1. The van der Waals surface area contributed by atoms with Gasteiger partial charge < -0.3 is 14.6 Å². The molecule has 1 fully saturated rings. The van der Waals surface area contributed by atoms with Gasteiger partial charge in [-0.1, -0.05) is 42.2 Å². The van der Waals surface area contributed by atoms with E-state index >= 15 is 0 Å². The first kappa shape index (κ1) is 23.8. The molecule has 1 aliphatic heterocycles. The van der Waals surface area contributed by atoms with E-state index in [0.29, 0.717) is 32.6 Å². The van der Waals surface area contributed by atoms with Crippen LogP contribution in [-0.4, -0.2) is 48.9 Å². The molecule has 0 saturated carbocycles. The summed E-state index contributed by atoms with van der Waals surface area (Å²) >= 11 is 0. The lowest BCUT2D eigenvalue weighted by molar-refractivity contribution is -0.160. The number of rotatable bonds is 9. The molecule has 0 spiro atoms. The predicted octanol–water partition coefficient (Wildman–Crippen LogP) is 4.03. The molecule has 2 aromatic carbocycles. The van der Waals surface area contributed by atoms with Crippen LogP contribution in [0.15, 0.2) is 54.6 Å². The molecular formula is C27H33NO4. The number of esters is 1. The van der Waals surface area contributed by atoms with Crippen molar-refractivity contribution in [1.29, 1.82) is 0 Å². The topological polar surface area (TPSA) is 59.0 Å². The Morgan fingerprint density at radius 2 is 1.94 bits per heavy atom. The number of aliphatic hydroxyl groups is 1. The fraction of sp³-hybridized carbons (Fsp3) is 0.444. The Labute approximate surface area is 191 Å². The maximum Gasteiger partial charge on any atom is 0.313 e. The van der Waals surface area contributed by atoms with E-state index < -0.39 is 5.41 Å². The molecule has 3 rings (SSSR count). The van der Waals surface area contributed by atoms with Crippen LogP contribution in [0.25, 0.3) is 0 Å². The Balaban J connectivity index is 1.64. The first-order valence-corrected chi connectivity index (χ1v) is 11.4. The highest BCUT2D eigenvalue weighted by atomic mass is 16.5. The van der Waals surface area contributed by atoms with E-state index in [4.69, 9.17) is 14.6 Å². The molecule has 1 aliphatic rings. The third-order valence-electron chi connectivity index (χ3n) is 5.79. The summed E-state index contributed by atoms with van der Waals surface area (Å²) in [5.74, 6) is 6.71. The van der Waals surface area contributed by atoms with E-state index in [1.807, 2.05) is 49.4 Å². The Bertz CT molecular complexity index is 901. The summed E-state index contributed by atoms with van der Waals surface area (Å²) < 4.78 is 11.4. The van der Waals surface area contributed by atoms with Gasteiger partial charge in [-0.3, -0.25) is 9.69 Å². The Morgan fingerprint density at radius 3 is 2.66 bits per heavy atom. The van der Waals surface area contributed by atoms with E-state index in [1.165, 1.54) is 5.56 Å². The van der Waals surface area contributed by atoms with Crippen molar-refractivity contribution in [2.45, 2.75) is 39.2 Å². The van der Waals surface area contributed by atoms with E-state index in [2.05, 4.69) is 28.9 Å². The number of benzene rings is 2. The molecule has 32 heavy (non-hydrogen) atoms. The zero-order chi connectivity index (χ0) is 22.7. The van der Waals surface area contributed by atoms with Gasteiger partial charge in [-0.15, -0.1) is 0 Å². The van der Waals surface area contributed by atoms with Gasteiger partial charge in [0.2, 0.25) is 0 Å². The lowest BCUT2D eigenvalue weighted by atomic mass is 9.77. The van der Waals surface area contributed by atoms with Crippen LogP contribution in [-0.2, 0) is 16.1 Å². The quantitative estimate of drug-likeness (QED) is 0.476. The second kappa shape index (κ2) is 12.3. The van der Waals surface area contributed by atoms with Crippen LogP contribution in [0.1, 0.15) is 43.7 Å². The third-order valence-corrected chi connectivity index (χ3v) is 5.79. The van der Waals surface area contributed by atoms with Crippen molar-refractivity contribution < 1.29 is 19.4 Å². The largest absolute Gasteiger partial charge is 0.494 e. The van der Waals surface area contributed by atoms with Crippen molar-refractivity contribution in [3.8, 4) is 17.6 Å². The average Bonchev–Trinajstić information content (AvgIpc) is 2.81. The molecule has 0 amide bonds. The number of piperidine rings is 1. The SMILES string of the molecule is CCOC(=O)C1(CCOc2ccccc2)CCCN(Cc2ccc(C#CCCO)cc2)C1. The summed E-state index contributed by atoms with van der Waals surface area (Å²) in [6.07, 6.45) is 2.89. The van der Waals surface area contributed by atoms with Crippen molar-refractivity contribution in [2.24, 2.45) is 5.41 Å². The van der Waals surface area contributed by atoms with Crippen LogP contribution in [0.4, 0.5) is 0 Å². The van der Waals surface area contributed by atoms with Gasteiger partial charge in [0.05, 0.1) is 25.2 Å². The van der Waals surface area contributed by atoms with Crippen molar-refractivity contribution in [3.63, 3.8) is 0 Å². The van der Waals surface area contributed by atoms with Gasteiger partial charge in [0.15, 0.2) is 0 Å². The lowest BCUT2D eigenvalue weighted by Gasteiger charge is -2.41. The number of likely N-dealkylation sites (tertiary alicyclic amines) is 1. The number of ether oxygens (including phenoxy) is 2. The summed E-state index contributed by atoms with van der Waals surface area (Å²) in [6, 6.07) is 17.9. The average molecular weight is 436 g/mol. The number of nitrogens with zero attached hydrogens (tertiary/aromatic N) is 1. The Morgan fingerprint density at radius 1 is 1.16 bits per heavy atom. The first-order chi connectivity index (χ1) is 15.6. The van der Waals surface area contributed by atoms with E-state index in [9.17, 15) is 4.79 Å². The van der Waals surface area contributed by atoms with Crippen LogP contribution >= 0.6 is 0 Å². The van der Waals surface area contributed by atoms with Crippen molar-refractivity contribution >= 4 is 5.97 Å². The number of hydrogen-bond acceptors (Lipinski definition) is 5. The third kappa shape index (κ3) is 6.85. The molecule has 5 heteroatoms. The van der Waals surface area contributed by atoms with E-state index in [-0.39, 0.29) is 12.6 Å². The minimum atomic E-state index is -0.543.